The van der Waals surface area contributed by atoms with Crippen molar-refractivity contribution in [1.82, 2.24) is 10.2 Å². The highest BCUT2D eigenvalue weighted by Crippen LogP contribution is 2.33. The third-order valence-electron chi connectivity index (χ3n) is 3.74. The Labute approximate surface area is 132 Å². The van der Waals surface area contributed by atoms with Gasteiger partial charge in [-0.05, 0) is 30.5 Å². The lowest BCUT2D eigenvalue weighted by Crippen LogP contribution is -2.04. The van der Waals surface area contributed by atoms with Crippen LogP contribution in [0.25, 0.3) is 0 Å². The molecule has 0 radical (unpaired) electrons. The normalized spacial score (nSPS) is 16.3. The molecular formula is C15H16ClFN2OS. The summed E-state index contributed by atoms with van der Waals surface area (Å²) >= 11 is 7.43. The molecule has 0 amide bonds. The molecule has 0 N–H and O–H groups in total. The van der Waals surface area contributed by atoms with E-state index in [4.69, 9.17) is 16.0 Å². The van der Waals surface area contributed by atoms with Gasteiger partial charge in [-0.3, -0.25) is 0 Å². The molecule has 1 aromatic heterocycles. The summed E-state index contributed by atoms with van der Waals surface area (Å²) in [4.78, 5) is 0. The molecule has 1 aliphatic carbocycles. The van der Waals surface area contributed by atoms with Crippen LogP contribution in [0, 0.1) is 5.82 Å². The number of thioether (sulfide) groups is 1. The molecule has 2 aromatic rings. The van der Waals surface area contributed by atoms with Gasteiger partial charge in [0, 0.05) is 16.7 Å². The number of halogens is 2. The van der Waals surface area contributed by atoms with Crippen molar-refractivity contribution in [2.45, 2.75) is 49.0 Å². The Morgan fingerprint density at radius 3 is 2.81 bits per heavy atom. The third kappa shape index (κ3) is 3.77. The SMILES string of the molecule is Fc1ccc(CSc2nnc(C3CCCCC3)o2)c(Cl)c1. The Balaban J connectivity index is 1.61. The standard InChI is InChI=1S/C15H16ClFN2OS/c16-13-8-12(17)7-6-11(13)9-21-15-19-18-14(20-15)10-4-2-1-3-5-10/h6-8,10H,1-5,9H2. The fraction of sp³-hybridized carbons (Fsp3) is 0.467. The molecule has 3 nitrogen and oxygen atoms in total. The summed E-state index contributed by atoms with van der Waals surface area (Å²) in [6, 6.07) is 4.41. The lowest BCUT2D eigenvalue weighted by atomic mass is 9.89. The lowest BCUT2D eigenvalue weighted by Gasteiger charge is -2.17. The largest absolute Gasteiger partial charge is 0.416 e. The summed E-state index contributed by atoms with van der Waals surface area (Å²) in [5.41, 5.74) is 0.862. The van der Waals surface area contributed by atoms with Gasteiger partial charge in [-0.1, -0.05) is 48.7 Å². The van der Waals surface area contributed by atoms with Crippen LogP contribution in [0.2, 0.25) is 5.02 Å². The number of nitrogens with zero attached hydrogens (tertiary/aromatic N) is 2. The first-order valence-electron chi connectivity index (χ1n) is 7.12. The highest BCUT2D eigenvalue weighted by atomic mass is 35.5. The summed E-state index contributed by atoms with van der Waals surface area (Å²) in [6.07, 6.45) is 6.04. The van der Waals surface area contributed by atoms with E-state index in [9.17, 15) is 4.39 Å². The zero-order valence-corrected chi connectivity index (χ0v) is 13.1. The third-order valence-corrected chi connectivity index (χ3v) is 4.96. The van der Waals surface area contributed by atoms with E-state index in [0.29, 0.717) is 21.9 Å². The Hall–Kier alpha value is -1.07. The van der Waals surface area contributed by atoms with Crippen LogP contribution in [-0.2, 0) is 5.75 Å². The van der Waals surface area contributed by atoms with E-state index in [2.05, 4.69) is 10.2 Å². The zero-order chi connectivity index (χ0) is 14.7. The van der Waals surface area contributed by atoms with Crippen LogP contribution >= 0.6 is 23.4 Å². The van der Waals surface area contributed by atoms with E-state index >= 15 is 0 Å². The number of rotatable bonds is 4. The van der Waals surface area contributed by atoms with Gasteiger partial charge in [-0.2, -0.15) is 0 Å². The molecule has 0 bridgehead atoms. The molecule has 0 atom stereocenters. The maximum atomic E-state index is 13.0. The smallest absolute Gasteiger partial charge is 0.276 e. The minimum atomic E-state index is -0.328. The maximum absolute atomic E-state index is 13.0. The molecular weight excluding hydrogens is 311 g/mol. The topological polar surface area (TPSA) is 38.9 Å². The Morgan fingerprint density at radius 1 is 1.24 bits per heavy atom. The van der Waals surface area contributed by atoms with Crippen molar-refractivity contribution in [2.75, 3.05) is 0 Å². The summed E-state index contributed by atoms with van der Waals surface area (Å²) < 4.78 is 18.7. The molecule has 3 rings (SSSR count). The molecule has 0 aliphatic heterocycles. The van der Waals surface area contributed by atoms with Crippen LogP contribution < -0.4 is 0 Å². The number of hydrogen-bond acceptors (Lipinski definition) is 4. The van der Waals surface area contributed by atoms with Gasteiger partial charge in [-0.15, -0.1) is 10.2 Å². The first-order valence-corrected chi connectivity index (χ1v) is 8.49. The second kappa shape index (κ2) is 6.79. The summed E-state index contributed by atoms with van der Waals surface area (Å²) in [5.74, 6) is 1.43. The monoisotopic (exact) mass is 326 g/mol. The highest BCUT2D eigenvalue weighted by molar-refractivity contribution is 7.98. The van der Waals surface area contributed by atoms with Gasteiger partial charge >= 0.3 is 0 Å². The lowest BCUT2D eigenvalue weighted by molar-refractivity contribution is 0.334. The Morgan fingerprint density at radius 2 is 2.05 bits per heavy atom. The second-order valence-electron chi connectivity index (χ2n) is 5.27. The maximum Gasteiger partial charge on any atom is 0.276 e. The minimum absolute atomic E-state index is 0.328. The number of aromatic nitrogens is 2. The average Bonchev–Trinajstić information content (AvgIpc) is 2.96. The number of hydrogen-bond donors (Lipinski definition) is 0. The van der Waals surface area contributed by atoms with Gasteiger partial charge in [0.15, 0.2) is 0 Å². The average molecular weight is 327 g/mol. The van der Waals surface area contributed by atoms with Gasteiger partial charge in [0.25, 0.3) is 5.22 Å². The van der Waals surface area contributed by atoms with Crippen LogP contribution in [0.1, 0.15) is 49.5 Å². The van der Waals surface area contributed by atoms with Gasteiger partial charge in [0.1, 0.15) is 5.82 Å². The van der Waals surface area contributed by atoms with Crippen molar-refractivity contribution in [2.24, 2.45) is 0 Å². The predicted molar refractivity (Wildman–Crippen MR) is 81.1 cm³/mol. The molecule has 112 valence electrons. The molecule has 0 unspecified atom stereocenters. The van der Waals surface area contributed by atoms with Crippen molar-refractivity contribution in [3.8, 4) is 0 Å². The molecule has 1 aliphatic rings. The van der Waals surface area contributed by atoms with E-state index in [1.54, 1.807) is 6.07 Å². The van der Waals surface area contributed by atoms with Crippen molar-refractivity contribution in [3.05, 3.63) is 40.5 Å². The van der Waals surface area contributed by atoms with E-state index in [1.807, 2.05) is 0 Å². The van der Waals surface area contributed by atoms with E-state index in [-0.39, 0.29) is 5.82 Å². The summed E-state index contributed by atoms with van der Waals surface area (Å²) in [6.45, 7) is 0. The zero-order valence-electron chi connectivity index (χ0n) is 11.5. The molecule has 21 heavy (non-hydrogen) atoms. The molecule has 0 spiro atoms. The van der Waals surface area contributed by atoms with Crippen molar-refractivity contribution in [3.63, 3.8) is 0 Å². The van der Waals surface area contributed by atoms with Crippen molar-refractivity contribution < 1.29 is 8.81 Å². The Kier molecular flexibility index (Phi) is 4.80. The molecule has 1 saturated carbocycles. The minimum Gasteiger partial charge on any atom is -0.416 e. The van der Waals surface area contributed by atoms with E-state index < -0.39 is 0 Å². The van der Waals surface area contributed by atoms with Gasteiger partial charge < -0.3 is 4.42 Å². The fourth-order valence-corrected chi connectivity index (χ4v) is 3.66. The van der Waals surface area contributed by atoms with E-state index in [0.717, 1.165) is 24.3 Å². The van der Waals surface area contributed by atoms with Crippen LogP contribution in [0.5, 0.6) is 0 Å². The molecule has 0 saturated heterocycles. The molecule has 6 heteroatoms. The van der Waals surface area contributed by atoms with Crippen molar-refractivity contribution >= 4 is 23.4 Å². The highest BCUT2D eigenvalue weighted by Gasteiger charge is 2.21. The van der Waals surface area contributed by atoms with Gasteiger partial charge in [0.2, 0.25) is 5.89 Å². The Bertz CT molecular complexity index is 613. The first-order chi connectivity index (χ1) is 10.2. The first kappa shape index (κ1) is 14.9. The van der Waals surface area contributed by atoms with E-state index in [1.165, 1.54) is 43.2 Å². The van der Waals surface area contributed by atoms with Crippen LogP contribution in [0.15, 0.2) is 27.8 Å². The fourth-order valence-electron chi connectivity index (χ4n) is 2.57. The summed E-state index contributed by atoms with van der Waals surface area (Å²) in [7, 11) is 0. The van der Waals surface area contributed by atoms with Gasteiger partial charge in [0.05, 0.1) is 0 Å². The van der Waals surface area contributed by atoms with Crippen LogP contribution in [-0.4, -0.2) is 10.2 Å². The molecule has 1 aromatic carbocycles. The van der Waals surface area contributed by atoms with Crippen LogP contribution in [0.3, 0.4) is 0 Å². The number of benzene rings is 1. The predicted octanol–water partition coefficient (Wildman–Crippen LogP) is 5.20. The second-order valence-corrected chi connectivity index (χ2v) is 6.60. The summed E-state index contributed by atoms with van der Waals surface area (Å²) in [5, 5.41) is 9.22. The van der Waals surface area contributed by atoms with Gasteiger partial charge in [-0.25, -0.2) is 4.39 Å². The quantitative estimate of drug-likeness (QED) is 0.724. The molecule has 1 fully saturated rings. The van der Waals surface area contributed by atoms with Crippen molar-refractivity contribution in [1.29, 1.82) is 0 Å². The van der Waals surface area contributed by atoms with Crippen LogP contribution in [0.4, 0.5) is 4.39 Å². The molecule has 1 heterocycles.